The fourth-order valence-electron chi connectivity index (χ4n) is 3.82. The predicted octanol–water partition coefficient (Wildman–Crippen LogP) is 2.49. The first-order valence-corrected chi connectivity index (χ1v) is 7.19. The van der Waals surface area contributed by atoms with Gasteiger partial charge in [-0.1, -0.05) is 6.92 Å². The van der Waals surface area contributed by atoms with Crippen molar-refractivity contribution in [3.63, 3.8) is 0 Å². The first-order valence-electron chi connectivity index (χ1n) is 7.19. The van der Waals surface area contributed by atoms with Crippen molar-refractivity contribution in [2.24, 2.45) is 11.8 Å². The lowest BCUT2D eigenvalue weighted by Gasteiger charge is -2.38. The number of hydrogen-bond donors (Lipinski definition) is 2. The van der Waals surface area contributed by atoms with Crippen molar-refractivity contribution >= 4 is 0 Å². The highest BCUT2D eigenvalue weighted by Crippen LogP contribution is 2.51. The van der Waals surface area contributed by atoms with Gasteiger partial charge < -0.3 is 14.9 Å². The molecule has 0 aromatic rings. The number of ether oxygens (including phenoxy) is 1. The molecule has 0 bridgehead atoms. The normalized spacial score (nSPS) is 49.8. The maximum Gasteiger partial charge on any atom is 0.0865 e. The lowest BCUT2D eigenvalue weighted by molar-refractivity contribution is -0.144. The Morgan fingerprint density at radius 1 is 1.17 bits per heavy atom. The minimum atomic E-state index is -0.776. The van der Waals surface area contributed by atoms with Crippen LogP contribution in [-0.2, 0) is 4.74 Å². The van der Waals surface area contributed by atoms with Crippen molar-refractivity contribution < 1.29 is 14.9 Å². The van der Waals surface area contributed by atoms with E-state index in [2.05, 4.69) is 13.8 Å². The molecule has 2 aliphatic rings. The molecule has 2 rings (SSSR count). The summed E-state index contributed by atoms with van der Waals surface area (Å²) in [5.74, 6) is 0.642. The Hall–Kier alpha value is -0.120. The molecule has 0 amide bonds. The summed E-state index contributed by atoms with van der Waals surface area (Å²) in [5, 5.41) is 20.4. The second kappa shape index (κ2) is 4.19. The molecule has 3 nitrogen and oxygen atoms in total. The summed E-state index contributed by atoms with van der Waals surface area (Å²) in [6.45, 7) is 9.85. The molecule has 18 heavy (non-hydrogen) atoms. The van der Waals surface area contributed by atoms with Gasteiger partial charge in [0.05, 0.1) is 22.9 Å². The Morgan fingerprint density at radius 3 is 2.17 bits per heavy atom. The summed E-state index contributed by atoms with van der Waals surface area (Å²) in [7, 11) is 0. The summed E-state index contributed by atoms with van der Waals surface area (Å²) >= 11 is 0. The van der Waals surface area contributed by atoms with Crippen LogP contribution in [0.5, 0.6) is 0 Å². The minimum absolute atomic E-state index is 0.0831. The van der Waals surface area contributed by atoms with Crippen LogP contribution < -0.4 is 0 Å². The van der Waals surface area contributed by atoms with E-state index < -0.39 is 11.2 Å². The summed E-state index contributed by atoms with van der Waals surface area (Å²) in [4.78, 5) is 0. The highest BCUT2D eigenvalue weighted by Gasteiger charge is 2.53. The van der Waals surface area contributed by atoms with E-state index in [1.807, 2.05) is 20.8 Å². The van der Waals surface area contributed by atoms with Crippen LogP contribution in [0.3, 0.4) is 0 Å². The average Bonchev–Trinajstić information content (AvgIpc) is 2.71. The Kier molecular flexibility index (Phi) is 3.33. The van der Waals surface area contributed by atoms with Crippen molar-refractivity contribution in [1.29, 1.82) is 0 Å². The molecule has 1 saturated carbocycles. The van der Waals surface area contributed by atoms with Crippen molar-refractivity contribution in [3.8, 4) is 0 Å². The lowest BCUT2D eigenvalue weighted by atomic mass is 9.77. The standard InChI is InChI=1S/C15H28O3/c1-10-11(6-8-14(10,4)17)15(5)9-7-12(18-15)13(2,3)16/h10-12,16-17H,6-9H2,1-5H3. The molecule has 5 atom stereocenters. The predicted molar refractivity (Wildman–Crippen MR) is 71.3 cm³/mol. The molecule has 0 aromatic heterocycles. The second-order valence-electron chi connectivity index (χ2n) is 7.40. The van der Waals surface area contributed by atoms with E-state index in [0.717, 1.165) is 25.7 Å². The van der Waals surface area contributed by atoms with Gasteiger partial charge in [0.1, 0.15) is 0 Å². The van der Waals surface area contributed by atoms with Crippen LogP contribution in [0.1, 0.15) is 60.3 Å². The van der Waals surface area contributed by atoms with Gasteiger partial charge in [0, 0.05) is 0 Å². The maximum atomic E-state index is 10.3. The third-order valence-corrected chi connectivity index (χ3v) is 5.43. The Balaban J connectivity index is 2.11. The monoisotopic (exact) mass is 256 g/mol. The maximum absolute atomic E-state index is 10.3. The SMILES string of the molecule is CC1C(C2(C)CCC(C(C)(C)O)O2)CCC1(C)O. The van der Waals surface area contributed by atoms with Gasteiger partial charge in [-0.15, -0.1) is 0 Å². The Labute approximate surface area is 111 Å². The highest BCUT2D eigenvalue weighted by atomic mass is 16.5. The van der Waals surface area contributed by atoms with E-state index in [1.165, 1.54) is 0 Å². The van der Waals surface area contributed by atoms with E-state index in [9.17, 15) is 10.2 Å². The van der Waals surface area contributed by atoms with Crippen LogP contribution in [0.4, 0.5) is 0 Å². The molecule has 106 valence electrons. The quantitative estimate of drug-likeness (QED) is 0.798. The van der Waals surface area contributed by atoms with Crippen molar-refractivity contribution in [2.45, 2.75) is 83.2 Å². The molecular formula is C15H28O3. The zero-order valence-corrected chi connectivity index (χ0v) is 12.4. The molecule has 1 saturated heterocycles. The molecule has 5 unspecified atom stereocenters. The zero-order chi connectivity index (χ0) is 13.8. The van der Waals surface area contributed by atoms with E-state index in [1.54, 1.807) is 0 Å². The van der Waals surface area contributed by atoms with Crippen molar-refractivity contribution in [3.05, 3.63) is 0 Å². The minimum Gasteiger partial charge on any atom is -0.390 e. The van der Waals surface area contributed by atoms with Crippen LogP contribution in [0.2, 0.25) is 0 Å². The third kappa shape index (κ3) is 2.33. The molecular weight excluding hydrogens is 228 g/mol. The Bertz CT molecular complexity index is 318. The smallest absolute Gasteiger partial charge is 0.0865 e. The summed E-state index contributed by atoms with van der Waals surface area (Å²) in [5.41, 5.74) is -1.53. The first kappa shape index (κ1) is 14.3. The van der Waals surface area contributed by atoms with Crippen molar-refractivity contribution in [2.75, 3.05) is 0 Å². The lowest BCUT2D eigenvalue weighted by Crippen LogP contribution is -2.43. The largest absolute Gasteiger partial charge is 0.390 e. The van der Waals surface area contributed by atoms with E-state index in [4.69, 9.17) is 4.74 Å². The summed E-state index contributed by atoms with van der Waals surface area (Å²) < 4.78 is 6.20. The topological polar surface area (TPSA) is 49.7 Å². The number of aliphatic hydroxyl groups is 2. The van der Waals surface area contributed by atoms with Crippen LogP contribution in [0.25, 0.3) is 0 Å². The molecule has 1 aliphatic heterocycles. The Morgan fingerprint density at radius 2 is 1.78 bits per heavy atom. The van der Waals surface area contributed by atoms with E-state index in [-0.39, 0.29) is 17.6 Å². The van der Waals surface area contributed by atoms with Gasteiger partial charge in [-0.05, 0) is 65.2 Å². The molecule has 0 radical (unpaired) electrons. The number of hydrogen-bond acceptors (Lipinski definition) is 3. The fourth-order valence-corrected chi connectivity index (χ4v) is 3.82. The van der Waals surface area contributed by atoms with Gasteiger partial charge in [-0.2, -0.15) is 0 Å². The molecule has 0 aromatic carbocycles. The zero-order valence-electron chi connectivity index (χ0n) is 12.4. The van der Waals surface area contributed by atoms with Gasteiger partial charge in [0.25, 0.3) is 0 Å². The first-order chi connectivity index (χ1) is 8.06. The van der Waals surface area contributed by atoms with Crippen LogP contribution in [0, 0.1) is 11.8 Å². The second-order valence-corrected chi connectivity index (χ2v) is 7.40. The molecule has 2 fully saturated rings. The van der Waals surface area contributed by atoms with Crippen LogP contribution in [0.15, 0.2) is 0 Å². The summed E-state index contributed by atoms with van der Waals surface area (Å²) in [6, 6.07) is 0. The average molecular weight is 256 g/mol. The van der Waals surface area contributed by atoms with Crippen molar-refractivity contribution in [1.82, 2.24) is 0 Å². The molecule has 1 heterocycles. The van der Waals surface area contributed by atoms with Crippen LogP contribution >= 0.6 is 0 Å². The highest BCUT2D eigenvalue weighted by molar-refractivity contribution is 5.03. The van der Waals surface area contributed by atoms with Gasteiger partial charge in [0.15, 0.2) is 0 Å². The van der Waals surface area contributed by atoms with Gasteiger partial charge >= 0.3 is 0 Å². The number of rotatable bonds is 2. The molecule has 2 N–H and O–H groups in total. The third-order valence-electron chi connectivity index (χ3n) is 5.43. The van der Waals surface area contributed by atoms with E-state index >= 15 is 0 Å². The molecule has 0 spiro atoms. The summed E-state index contributed by atoms with van der Waals surface area (Å²) in [6.07, 6.45) is 3.67. The molecule has 3 heteroatoms. The fraction of sp³-hybridized carbons (Fsp3) is 1.00. The van der Waals surface area contributed by atoms with Crippen LogP contribution in [-0.4, -0.2) is 33.1 Å². The van der Waals surface area contributed by atoms with Gasteiger partial charge in [0.2, 0.25) is 0 Å². The van der Waals surface area contributed by atoms with E-state index in [0.29, 0.717) is 5.92 Å². The van der Waals surface area contributed by atoms with Gasteiger partial charge in [-0.25, -0.2) is 0 Å². The molecule has 1 aliphatic carbocycles. The van der Waals surface area contributed by atoms with Gasteiger partial charge in [-0.3, -0.25) is 0 Å².